The third-order valence-electron chi connectivity index (χ3n) is 8.42. The number of morpholine rings is 1. The number of ether oxygens (including phenoxy) is 2. The third-order valence-corrected chi connectivity index (χ3v) is 8.42. The maximum Gasteiger partial charge on any atom is 0.230 e. The number of likely N-dealkylation sites (tertiary alicyclic amines) is 2. The topological polar surface area (TPSA) is 45.2 Å². The molecule has 3 atom stereocenters. The second-order valence-corrected chi connectivity index (χ2v) is 10.4. The van der Waals surface area contributed by atoms with E-state index in [9.17, 15) is 4.79 Å². The first kappa shape index (κ1) is 22.2. The molecule has 6 heteroatoms. The molecule has 1 saturated carbocycles. The lowest BCUT2D eigenvalue weighted by Crippen LogP contribution is -2.66. The minimum absolute atomic E-state index is 0.117. The van der Waals surface area contributed by atoms with Crippen LogP contribution in [0.5, 0.6) is 5.75 Å². The van der Waals surface area contributed by atoms with Gasteiger partial charge in [0.05, 0.1) is 31.7 Å². The number of nitrogens with zero attached hydrogens (tertiary/aromatic N) is 3. The van der Waals surface area contributed by atoms with Crippen LogP contribution in [-0.2, 0) is 9.53 Å². The minimum Gasteiger partial charge on any atom is -0.487 e. The Morgan fingerprint density at radius 3 is 2.75 bits per heavy atom. The molecule has 6 nitrogen and oxygen atoms in total. The number of amides is 1. The molecular weight excluding hydrogens is 402 g/mol. The van der Waals surface area contributed by atoms with Crippen LogP contribution in [0.3, 0.4) is 0 Å². The smallest absolute Gasteiger partial charge is 0.230 e. The molecule has 0 aromatic heterocycles. The second-order valence-electron chi connectivity index (χ2n) is 10.4. The highest BCUT2D eigenvalue weighted by molar-refractivity contribution is 5.84. The number of rotatable bonds is 5. The quantitative estimate of drug-likeness (QED) is 0.703. The van der Waals surface area contributed by atoms with E-state index in [2.05, 4.69) is 40.7 Å². The van der Waals surface area contributed by atoms with Crippen molar-refractivity contribution >= 4 is 5.91 Å². The maximum atomic E-state index is 13.9. The Hall–Kier alpha value is -1.63. The molecule has 0 bridgehead atoms. The first-order valence-electron chi connectivity index (χ1n) is 12.6. The Balaban J connectivity index is 1.25. The first-order chi connectivity index (χ1) is 15.6. The molecule has 1 amide bonds. The fourth-order valence-corrected chi connectivity index (χ4v) is 6.49. The number of fused-ring (bicyclic) bond motifs is 1. The Kier molecular flexibility index (Phi) is 6.46. The van der Waals surface area contributed by atoms with Crippen molar-refractivity contribution < 1.29 is 14.3 Å². The molecule has 4 aliphatic rings. The molecule has 5 rings (SSSR count). The highest BCUT2D eigenvalue weighted by atomic mass is 16.5. The van der Waals surface area contributed by atoms with E-state index in [1.54, 1.807) is 0 Å². The van der Waals surface area contributed by atoms with Crippen molar-refractivity contribution in [2.75, 3.05) is 59.0 Å². The SMILES string of the molecule is CCN1CC[C@@H]2C[C@@H](N3CCOCC3)CC[C@@]2(C(=O)N2CC(Oc3cccc(C)c3)C2)C1. The van der Waals surface area contributed by atoms with Crippen LogP contribution < -0.4 is 4.74 Å². The monoisotopic (exact) mass is 441 g/mol. The summed E-state index contributed by atoms with van der Waals surface area (Å²) in [5.41, 5.74) is 1.00. The lowest BCUT2D eigenvalue weighted by molar-refractivity contribution is -0.165. The highest BCUT2D eigenvalue weighted by Crippen LogP contribution is 2.49. The van der Waals surface area contributed by atoms with Crippen molar-refractivity contribution in [3.63, 3.8) is 0 Å². The summed E-state index contributed by atoms with van der Waals surface area (Å²) in [4.78, 5) is 21.2. The summed E-state index contributed by atoms with van der Waals surface area (Å²) < 4.78 is 11.7. The largest absolute Gasteiger partial charge is 0.487 e. The summed E-state index contributed by atoms with van der Waals surface area (Å²) in [5.74, 6) is 1.81. The van der Waals surface area contributed by atoms with Gasteiger partial charge in [0.1, 0.15) is 11.9 Å². The van der Waals surface area contributed by atoms with Crippen molar-refractivity contribution in [2.24, 2.45) is 11.3 Å². The Morgan fingerprint density at radius 1 is 1.19 bits per heavy atom. The summed E-state index contributed by atoms with van der Waals surface area (Å²) in [7, 11) is 0. The molecular formula is C26H39N3O3. The normalized spacial score (nSPS) is 32.2. The standard InChI is InChI=1S/C26H39N3O3/c1-3-27-10-8-21-16-22(28-11-13-31-14-12-28)7-9-26(21,19-27)25(30)29-17-24(18-29)32-23-6-4-5-20(2)15-23/h4-6,15,21-22,24H,3,7-14,16-19H2,1-2H3/t21-,22+,26-/m1/s1. The van der Waals surface area contributed by atoms with Crippen LogP contribution in [0, 0.1) is 18.3 Å². The summed E-state index contributed by atoms with van der Waals surface area (Å²) in [6, 6.07) is 8.82. The predicted molar refractivity (Wildman–Crippen MR) is 125 cm³/mol. The number of benzene rings is 1. The summed E-state index contributed by atoms with van der Waals surface area (Å²) in [6.45, 7) is 12.6. The van der Waals surface area contributed by atoms with Crippen LogP contribution >= 0.6 is 0 Å². The highest BCUT2D eigenvalue weighted by Gasteiger charge is 2.55. The molecule has 1 aromatic rings. The fraction of sp³-hybridized carbons (Fsp3) is 0.731. The van der Waals surface area contributed by atoms with Gasteiger partial charge in [-0.1, -0.05) is 19.1 Å². The molecule has 4 fully saturated rings. The Bertz CT molecular complexity index is 805. The van der Waals surface area contributed by atoms with Gasteiger partial charge in [0, 0.05) is 25.7 Å². The lowest BCUT2D eigenvalue weighted by atomic mass is 9.60. The van der Waals surface area contributed by atoms with Gasteiger partial charge in [0.15, 0.2) is 0 Å². The summed E-state index contributed by atoms with van der Waals surface area (Å²) >= 11 is 0. The number of carbonyl (C=O) groups excluding carboxylic acids is 1. The number of piperidine rings is 1. The summed E-state index contributed by atoms with van der Waals surface area (Å²) in [5, 5.41) is 0. The van der Waals surface area contributed by atoms with Gasteiger partial charge < -0.3 is 19.3 Å². The molecule has 1 aliphatic carbocycles. The van der Waals surface area contributed by atoms with Gasteiger partial charge in [0.2, 0.25) is 5.91 Å². The van der Waals surface area contributed by atoms with Gasteiger partial charge in [-0.2, -0.15) is 0 Å². The van der Waals surface area contributed by atoms with E-state index in [0.29, 0.717) is 17.9 Å². The lowest BCUT2D eigenvalue weighted by Gasteiger charge is -2.55. The van der Waals surface area contributed by atoms with Crippen molar-refractivity contribution in [2.45, 2.75) is 51.7 Å². The van der Waals surface area contributed by atoms with Crippen molar-refractivity contribution in [1.82, 2.24) is 14.7 Å². The van der Waals surface area contributed by atoms with Crippen LogP contribution in [0.25, 0.3) is 0 Å². The van der Waals surface area contributed by atoms with Gasteiger partial charge >= 0.3 is 0 Å². The number of carbonyl (C=O) groups is 1. The van der Waals surface area contributed by atoms with Gasteiger partial charge in [-0.3, -0.25) is 9.69 Å². The van der Waals surface area contributed by atoms with E-state index in [0.717, 1.165) is 84.0 Å². The number of aryl methyl sites for hydroxylation is 1. The van der Waals surface area contributed by atoms with E-state index in [4.69, 9.17) is 9.47 Å². The Labute approximate surface area is 192 Å². The molecule has 0 unspecified atom stereocenters. The molecule has 3 heterocycles. The average molecular weight is 442 g/mol. The predicted octanol–water partition coefficient (Wildman–Crippen LogP) is 2.80. The molecule has 32 heavy (non-hydrogen) atoms. The van der Waals surface area contributed by atoms with Crippen LogP contribution in [0.2, 0.25) is 0 Å². The van der Waals surface area contributed by atoms with Gasteiger partial charge in [-0.25, -0.2) is 0 Å². The molecule has 3 aliphatic heterocycles. The van der Waals surface area contributed by atoms with Crippen LogP contribution in [0.15, 0.2) is 24.3 Å². The minimum atomic E-state index is -0.203. The molecule has 0 N–H and O–H groups in total. The fourth-order valence-electron chi connectivity index (χ4n) is 6.49. The zero-order chi connectivity index (χ0) is 22.1. The maximum absolute atomic E-state index is 13.9. The van der Waals surface area contributed by atoms with Crippen molar-refractivity contribution in [3.05, 3.63) is 29.8 Å². The number of hydrogen-bond donors (Lipinski definition) is 0. The molecule has 0 radical (unpaired) electrons. The van der Waals surface area contributed by atoms with Gasteiger partial charge in [-0.15, -0.1) is 0 Å². The van der Waals surface area contributed by atoms with E-state index >= 15 is 0 Å². The number of hydrogen-bond acceptors (Lipinski definition) is 5. The molecule has 1 aromatic carbocycles. The van der Waals surface area contributed by atoms with Crippen LogP contribution in [0.1, 0.15) is 38.2 Å². The van der Waals surface area contributed by atoms with Gasteiger partial charge in [-0.05, 0) is 69.3 Å². The zero-order valence-corrected chi connectivity index (χ0v) is 19.8. The zero-order valence-electron chi connectivity index (χ0n) is 19.8. The molecule has 3 saturated heterocycles. The molecule has 0 spiro atoms. The van der Waals surface area contributed by atoms with Crippen molar-refractivity contribution in [1.29, 1.82) is 0 Å². The first-order valence-corrected chi connectivity index (χ1v) is 12.6. The second kappa shape index (κ2) is 9.32. The van der Waals surface area contributed by atoms with E-state index < -0.39 is 0 Å². The van der Waals surface area contributed by atoms with Crippen LogP contribution in [0.4, 0.5) is 0 Å². The third kappa shape index (κ3) is 4.29. The van der Waals surface area contributed by atoms with Gasteiger partial charge in [0.25, 0.3) is 0 Å². The Morgan fingerprint density at radius 2 is 2.00 bits per heavy atom. The van der Waals surface area contributed by atoms with Crippen molar-refractivity contribution in [3.8, 4) is 5.75 Å². The van der Waals surface area contributed by atoms with E-state index in [1.807, 2.05) is 12.1 Å². The van der Waals surface area contributed by atoms with E-state index in [1.165, 1.54) is 12.0 Å². The average Bonchev–Trinajstić information content (AvgIpc) is 2.80. The summed E-state index contributed by atoms with van der Waals surface area (Å²) in [6.07, 6.45) is 4.59. The van der Waals surface area contributed by atoms with Crippen LogP contribution in [-0.4, -0.2) is 91.8 Å². The molecule has 176 valence electrons. The van der Waals surface area contributed by atoms with E-state index in [-0.39, 0.29) is 11.5 Å².